The minimum Gasteiger partial charge on any atom is -0.305 e. The highest BCUT2D eigenvalue weighted by Crippen LogP contribution is 2.19. The van der Waals surface area contributed by atoms with Crippen molar-refractivity contribution in [1.82, 2.24) is 9.38 Å². The summed E-state index contributed by atoms with van der Waals surface area (Å²) in [5, 5.41) is 0.490. The van der Waals surface area contributed by atoms with Crippen LogP contribution in [0.4, 0.5) is 5.69 Å². The minimum atomic E-state index is -3.63. The molecule has 3 aromatic rings. The number of sulfonamides is 1. The number of imidazole rings is 1. The zero-order chi connectivity index (χ0) is 15.0. The second-order valence-corrected chi connectivity index (χ2v) is 6.74. The lowest BCUT2D eigenvalue weighted by Gasteiger charge is -2.08. The standard InChI is InChI=1S/C14H12ClN3O2S/c1-10-8-18-9-12(4-7-14(18)16-10)17-21(19,20)13-5-2-11(15)3-6-13/h2-9,17H,1H3. The Morgan fingerprint density at radius 1 is 1.10 bits per heavy atom. The Bertz CT molecular complexity index is 902. The number of aromatic nitrogens is 2. The number of anilines is 1. The highest BCUT2D eigenvalue weighted by Gasteiger charge is 2.14. The first-order valence-corrected chi connectivity index (χ1v) is 8.04. The first-order chi connectivity index (χ1) is 9.94. The Morgan fingerprint density at radius 2 is 1.81 bits per heavy atom. The van der Waals surface area contributed by atoms with E-state index in [1.54, 1.807) is 34.9 Å². The summed E-state index contributed by atoms with van der Waals surface area (Å²) in [6.45, 7) is 1.88. The van der Waals surface area contributed by atoms with Crippen LogP contribution in [0.1, 0.15) is 5.69 Å². The molecule has 0 atom stereocenters. The lowest BCUT2D eigenvalue weighted by Crippen LogP contribution is -2.13. The SMILES string of the molecule is Cc1cn2cc(NS(=O)(=O)c3ccc(Cl)cc3)ccc2n1. The van der Waals surface area contributed by atoms with E-state index in [0.29, 0.717) is 10.7 Å². The summed E-state index contributed by atoms with van der Waals surface area (Å²) < 4.78 is 28.9. The number of rotatable bonds is 3. The third-order valence-electron chi connectivity index (χ3n) is 2.95. The monoisotopic (exact) mass is 321 g/mol. The van der Waals surface area contributed by atoms with Crippen LogP contribution < -0.4 is 4.72 Å². The number of nitrogens with zero attached hydrogens (tertiary/aromatic N) is 2. The fraction of sp³-hybridized carbons (Fsp3) is 0.0714. The largest absolute Gasteiger partial charge is 0.305 e. The third-order valence-corrected chi connectivity index (χ3v) is 4.60. The zero-order valence-electron chi connectivity index (χ0n) is 11.1. The van der Waals surface area contributed by atoms with Crippen molar-refractivity contribution in [2.24, 2.45) is 0 Å². The minimum absolute atomic E-state index is 0.161. The Labute approximate surface area is 127 Å². The summed E-state index contributed by atoms with van der Waals surface area (Å²) in [4.78, 5) is 4.45. The molecule has 0 spiro atoms. The molecule has 2 heterocycles. The molecular weight excluding hydrogens is 310 g/mol. The average Bonchev–Trinajstić information content (AvgIpc) is 2.78. The van der Waals surface area contributed by atoms with Gasteiger partial charge in [0.2, 0.25) is 0 Å². The fourth-order valence-electron chi connectivity index (χ4n) is 2.01. The predicted molar refractivity (Wildman–Crippen MR) is 82.2 cm³/mol. The molecule has 0 unspecified atom stereocenters. The Morgan fingerprint density at radius 3 is 2.52 bits per heavy atom. The maximum Gasteiger partial charge on any atom is 0.261 e. The maximum atomic E-state index is 12.3. The summed E-state index contributed by atoms with van der Waals surface area (Å²) in [6.07, 6.45) is 3.51. The highest BCUT2D eigenvalue weighted by atomic mass is 35.5. The van der Waals surface area contributed by atoms with Crippen LogP contribution in [-0.2, 0) is 10.0 Å². The zero-order valence-corrected chi connectivity index (χ0v) is 12.7. The van der Waals surface area contributed by atoms with Crippen LogP contribution >= 0.6 is 11.6 Å². The number of halogens is 1. The van der Waals surface area contributed by atoms with E-state index in [9.17, 15) is 8.42 Å². The van der Waals surface area contributed by atoms with Crippen molar-refractivity contribution in [1.29, 1.82) is 0 Å². The van der Waals surface area contributed by atoms with E-state index >= 15 is 0 Å². The molecule has 0 aliphatic heterocycles. The number of nitrogens with one attached hydrogen (secondary N) is 1. The highest BCUT2D eigenvalue weighted by molar-refractivity contribution is 7.92. The predicted octanol–water partition coefficient (Wildman–Crippen LogP) is 3.10. The Balaban J connectivity index is 1.94. The van der Waals surface area contributed by atoms with E-state index in [-0.39, 0.29) is 4.90 Å². The van der Waals surface area contributed by atoms with Crippen LogP contribution in [-0.4, -0.2) is 17.8 Å². The number of benzene rings is 1. The summed E-state index contributed by atoms with van der Waals surface area (Å²) in [6, 6.07) is 9.44. The van der Waals surface area contributed by atoms with Gasteiger partial charge in [0.25, 0.3) is 10.0 Å². The first kappa shape index (κ1) is 13.9. The topological polar surface area (TPSA) is 63.5 Å². The molecule has 0 saturated carbocycles. The van der Waals surface area contributed by atoms with Gasteiger partial charge in [0, 0.05) is 17.4 Å². The van der Waals surface area contributed by atoms with Gasteiger partial charge in [-0.2, -0.15) is 0 Å². The number of hydrogen-bond donors (Lipinski definition) is 1. The van der Waals surface area contributed by atoms with Crippen LogP contribution in [0.15, 0.2) is 53.7 Å². The van der Waals surface area contributed by atoms with E-state index in [4.69, 9.17) is 11.6 Å². The van der Waals surface area contributed by atoms with Crippen LogP contribution in [0.3, 0.4) is 0 Å². The van der Waals surface area contributed by atoms with Crippen LogP contribution in [0, 0.1) is 6.92 Å². The molecule has 0 radical (unpaired) electrons. The van der Waals surface area contributed by atoms with Crippen molar-refractivity contribution >= 4 is 33.0 Å². The van der Waals surface area contributed by atoms with Gasteiger partial charge >= 0.3 is 0 Å². The quantitative estimate of drug-likeness (QED) is 0.806. The molecule has 21 heavy (non-hydrogen) atoms. The molecule has 108 valence electrons. The van der Waals surface area contributed by atoms with Gasteiger partial charge in [-0.3, -0.25) is 4.72 Å². The first-order valence-electron chi connectivity index (χ1n) is 6.18. The van der Waals surface area contributed by atoms with Crippen molar-refractivity contribution in [3.05, 3.63) is 59.5 Å². The van der Waals surface area contributed by atoms with E-state index in [1.807, 2.05) is 13.1 Å². The molecule has 7 heteroatoms. The normalized spacial score (nSPS) is 11.7. The molecule has 0 amide bonds. The van der Waals surface area contributed by atoms with Crippen molar-refractivity contribution < 1.29 is 8.42 Å². The van der Waals surface area contributed by atoms with Crippen molar-refractivity contribution in [2.75, 3.05) is 4.72 Å². The number of aryl methyl sites for hydroxylation is 1. The average molecular weight is 322 g/mol. The summed E-state index contributed by atoms with van der Waals surface area (Å²) in [7, 11) is -3.63. The summed E-state index contributed by atoms with van der Waals surface area (Å²) in [5.74, 6) is 0. The van der Waals surface area contributed by atoms with Crippen molar-refractivity contribution in [3.8, 4) is 0 Å². The van der Waals surface area contributed by atoms with Gasteiger partial charge in [-0.25, -0.2) is 13.4 Å². The van der Waals surface area contributed by atoms with E-state index < -0.39 is 10.0 Å². The molecule has 1 aromatic carbocycles. The second-order valence-electron chi connectivity index (χ2n) is 4.62. The smallest absolute Gasteiger partial charge is 0.261 e. The molecule has 0 fully saturated rings. The molecule has 3 rings (SSSR count). The second kappa shape index (κ2) is 5.05. The van der Waals surface area contributed by atoms with Gasteiger partial charge in [0.15, 0.2) is 0 Å². The molecule has 0 aliphatic carbocycles. The number of hydrogen-bond acceptors (Lipinski definition) is 3. The summed E-state index contributed by atoms with van der Waals surface area (Å²) in [5.41, 5.74) is 2.10. The molecule has 1 N–H and O–H groups in total. The molecule has 0 saturated heterocycles. The van der Waals surface area contributed by atoms with Gasteiger partial charge in [-0.15, -0.1) is 0 Å². The van der Waals surface area contributed by atoms with Crippen LogP contribution in [0.2, 0.25) is 5.02 Å². The van der Waals surface area contributed by atoms with Crippen LogP contribution in [0.25, 0.3) is 5.65 Å². The van der Waals surface area contributed by atoms with Gasteiger partial charge in [-0.05, 0) is 43.3 Å². The Kier molecular flexibility index (Phi) is 3.35. The number of pyridine rings is 1. The van der Waals surface area contributed by atoms with Gasteiger partial charge in [-0.1, -0.05) is 11.6 Å². The van der Waals surface area contributed by atoms with Crippen LogP contribution in [0.5, 0.6) is 0 Å². The van der Waals surface area contributed by atoms with E-state index in [1.165, 1.54) is 12.1 Å². The Hall–Kier alpha value is -2.05. The number of fused-ring (bicyclic) bond motifs is 1. The van der Waals surface area contributed by atoms with E-state index in [0.717, 1.165) is 11.3 Å². The van der Waals surface area contributed by atoms with Crippen molar-refractivity contribution in [3.63, 3.8) is 0 Å². The lowest BCUT2D eigenvalue weighted by atomic mass is 10.4. The third kappa shape index (κ3) is 2.86. The van der Waals surface area contributed by atoms with Gasteiger partial charge in [0.1, 0.15) is 5.65 Å². The molecular formula is C14H12ClN3O2S. The lowest BCUT2D eigenvalue weighted by molar-refractivity contribution is 0.601. The fourth-order valence-corrected chi connectivity index (χ4v) is 3.18. The van der Waals surface area contributed by atoms with Gasteiger partial charge < -0.3 is 4.40 Å². The maximum absolute atomic E-state index is 12.3. The summed E-state index contributed by atoms with van der Waals surface area (Å²) >= 11 is 5.76. The molecule has 5 nitrogen and oxygen atoms in total. The van der Waals surface area contributed by atoms with Gasteiger partial charge in [0.05, 0.1) is 16.3 Å². The van der Waals surface area contributed by atoms with E-state index in [2.05, 4.69) is 9.71 Å². The molecule has 0 bridgehead atoms. The molecule has 2 aromatic heterocycles. The molecule has 0 aliphatic rings. The van der Waals surface area contributed by atoms with Crippen molar-refractivity contribution in [2.45, 2.75) is 11.8 Å².